The van der Waals surface area contributed by atoms with Crippen LogP contribution in [-0.2, 0) is 26.2 Å². The van der Waals surface area contributed by atoms with E-state index in [0.717, 1.165) is 23.7 Å². The van der Waals surface area contributed by atoms with Gasteiger partial charge in [-0.15, -0.1) is 0 Å². The second-order valence-electron chi connectivity index (χ2n) is 10.5. The Labute approximate surface area is 247 Å². The second kappa shape index (κ2) is 12.7. The number of likely N-dealkylation sites (tertiary alicyclic amines) is 1. The summed E-state index contributed by atoms with van der Waals surface area (Å²) in [7, 11) is -6.91. The smallest absolute Gasteiger partial charge is 0.382 e. The van der Waals surface area contributed by atoms with Gasteiger partial charge in [0.15, 0.2) is 21.5 Å². The second-order valence-corrected chi connectivity index (χ2v) is 14.8. The van der Waals surface area contributed by atoms with E-state index in [-0.39, 0.29) is 24.0 Å². The molecule has 2 N–H and O–H groups in total. The maximum Gasteiger partial charge on any atom is 0.406 e. The number of nitrogens with zero attached hydrogens (tertiary/aromatic N) is 2. The number of benzene rings is 2. The summed E-state index contributed by atoms with van der Waals surface area (Å²) in [5, 5.41) is 6.35. The van der Waals surface area contributed by atoms with Gasteiger partial charge in [0.05, 0.1) is 28.4 Å². The number of aromatic nitrogens is 1. The molecule has 0 atom stereocenters. The number of anilines is 2. The lowest BCUT2D eigenvalue weighted by Crippen LogP contribution is -2.41. The van der Waals surface area contributed by atoms with Crippen LogP contribution < -0.4 is 10.6 Å². The molecule has 0 spiro atoms. The molecule has 1 saturated heterocycles. The van der Waals surface area contributed by atoms with Crippen molar-refractivity contribution < 1.29 is 38.8 Å². The zero-order chi connectivity index (χ0) is 31.6. The van der Waals surface area contributed by atoms with E-state index < -0.39 is 54.6 Å². The monoisotopic (exact) mass is 646 g/mol. The predicted octanol–water partition coefficient (Wildman–Crippen LogP) is 4.27. The quantitative estimate of drug-likeness (QED) is 0.265. The van der Waals surface area contributed by atoms with Crippen LogP contribution in [0.4, 0.5) is 33.3 Å². The molecule has 1 aliphatic heterocycles. The van der Waals surface area contributed by atoms with Gasteiger partial charge >= 0.3 is 6.18 Å². The summed E-state index contributed by atoms with van der Waals surface area (Å²) in [5.41, 5.74) is 0.377. The third kappa shape index (κ3) is 8.84. The van der Waals surface area contributed by atoms with Crippen molar-refractivity contribution in [3.8, 4) is 11.8 Å². The first-order valence-corrected chi connectivity index (χ1v) is 17.2. The van der Waals surface area contributed by atoms with E-state index in [1.165, 1.54) is 12.3 Å². The molecule has 43 heavy (non-hydrogen) atoms. The van der Waals surface area contributed by atoms with Gasteiger partial charge in [0.1, 0.15) is 22.1 Å². The van der Waals surface area contributed by atoms with Crippen molar-refractivity contribution in [1.82, 2.24) is 9.47 Å². The minimum Gasteiger partial charge on any atom is -0.382 e. The molecular weight excluding hydrogens is 615 g/mol. The molecule has 3 aromatic rings. The number of piperidine rings is 1. The van der Waals surface area contributed by atoms with Crippen LogP contribution in [0, 0.1) is 23.5 Å². The van der Waals surface area contributed by atoms with Gasteiger partial charge < -0.3 is 20.1 Å². The molecule has 2 heterocycles. The minimum absolute atomic E-state index is 0.0312. The molecule has 0 amide bonds. The lowest BCUT2D eigenvalue weighted by Gasteiger charge is -2.32. The zero-order valence-corrected chi connectivity index (χ0v) is 25.1. The third-order valence-corrected chi connectivity index (χ3v) is 9.04. The number of hydrogen-bond acceptors (Lipinski definition) is 7. The van der Waals surface area contributed by atoms with Crippen LogP contribution in [0.2, 0.25) is 0 Å². The first kappa shape index (κ1) is 32.6. The Morgan fingerprint density at radius 2 is 1.65 bits per heavy atom. The van der Waals surface area contributed by atoms with Crippen molar-refractivity contribution >= 4 is 42.0 Å². The summed E-state index contributed by atoms with van der Waals surface area (Å²) in [6.45, 7) is 0.179. The molecule has 0 aliphatic carbocycles. The normalized spacial score (nSPS) is 15.3. The van der Waals surface area contributed by atoms with Crippen molar-refractivity contribution in [3.63, 3.8) is 0 Å². The Bertz CT molecular complexity index is 1750. The molecule has 0 unspecified atom stereocenters. The van der Waals surface area contributed by atoms with Crippen LogP contribution in [0.3, 0.4) is 0 Å². The average molecular weight is 647 g/mol. The number of halogens is 5. The first-order chi connectivity index (χ1) is 20.0. The molecule has 234 valence electrons. The number of rotatable bonds is 9. The van der Waals surface area contributed by atoms with E-state index in [1.54, 1.807) is 18.2 Å². The maximum atomic E-state index is 14.3. The van der Waals surface area contributed by atoms with Crippen molar-refractivity contribution in [2.24, 2.45) is 0 Å². The van der Waals surface area contributed by atoms with Crippen LogP contribution >= 0.6 is 0 Å². The number of fused-ring (bicyclic) bond motifs is 1. The van der Waals surface area contributed by atoms with Crippen molar-refractivity contribution in [3.05, 3.63) is 53.7 Å². The molecule has 1 fully saturated rings. The van der Waals surface area contributed by atoms with Crippen LogP contribution in [0.1, 0.15) is 18.5 Å². The Balaban J connectivity index is 1.53. The average Bonchev–Trinajstić information content (AvgIpc) is 3.23. The van der Waals surface area contributed by atoms with Gasteiger partial charge in [-0.25, -0.2) is 25.6 Å². The van der Waals surface area contributed by atoms with Crippen molar-refractivity contribution in [2.45, 2.75) is 36.5 Å². The molecule has 0 saturated carbocycles. The SMILES string of the molecule is CS(=O)(=O)CCN1CCC(Nc2cccc3c2cc(C#CCNc2c(F)cc(S(C)(=O)=O)cc2F)n3CC(F)(F)F)CC1. The fraction of sp³-hybridized carbons (Fsp3) is 0.429. The van der Waals surface area contributed by atoms with Gasteiger partial charge in [-0.1, -0.05) is 12.0 Å². The number of hydrogen-bond donors (Lipinski definition) is 2. The fourth-order valence-corrected chi connectivity index (χ4v) is 6.10. The molecule has 2 aromatic carbocycles. The van der Waals surface area contributed by atoms with Crippen molar-refractivity contribution in [1.29, 1.82) is 0 Å². The number of nitrogens with one attached hydrogen (secondary N) is 2. The molecule has 1 aliphatic rings. The van der Waals surface area contributed by atoms with Crippen LogP contribution in [-0.4, -0.2) is 83.0 Å². The molecular formula is C28H31F5N4O4S2. The Morgan fingerprint density at radius 1 is 1.00 bits per heavy atom. The summed E-state index contributed by atoms with van der Waals surface area (Å²) < 4.78 is 116. The maximum absolute atomic E-state index is 14.3. The first-order valence-electron chi connectivity index (χ1n) is 13.3. The summed E-state index contributed by atoms with van der Waals surface area (Å²) in [6.07, 6.45) is -1.09. The van der Waals surface area contributed by atoms with Crippen molar-refractivity contribution in [2.75, 3.05) is 55.1 Å². The van der Waals surface area contributed by atoms with E-state index in [4.69, 9.17) is 0 Å². The van der Waals surface area contributed by atoms with Gasteiger partial charge in [-0.2, -0.15) is 13.2 Å². The Kier molecular flexibility index (Phi) is 9.63. The molecule has 1 aromatic heterocycles. The van der Waals surface area contributed by atoms with Gasteiger partial charge in [-0.3, -0.25) is 0 Å². The van der Waals surface area contributed by atoms with Crippen LogP contribution in [0.5, 0.6) is 0 Å². The van der Waals surface area contributed by atoms with Crippen LogP contribution in [0.25, 0.3) is 10.9 Å². The zero-order valence-electron chi connectivity index (χ0n) is 23.4. The number of sulfone groups is 2. The van der Waals surface area contributed by atoms with E-state index >= 15 is 0 Å². The molecule has 15 heteroatoms. The van der Waals surface area contributed by atoms with Gasteiger partial charge in [0.2, 0.25) is 0 Å². The lowest BCUT2D eigenvalue weighted by molar-refractivity contribution is -0.140. The van der Waals surface area contributed by atoms with E-state index in [2.05, 4.69) is 27.4 Å². The van der Waals surface area contributed by atoms with Gasteiger partial charge in [-0.05, 0) is 49.1 Å². The summed E-state index contributed by atoms with van der Waals surface area (Å²) in [6, 6.07) is 7.86. The lowest BCUT2D eigenvalue weighted by atomic mass is 10.0. The highest BCUT2D eigenvalue weighted by Crippen LogP contribution is 2.31. The summed E-state index contributed by atoms with van der Waals surface area (Å²) >= 11 is 0. The molecule has 0 bridgehead atoms. The molecule has 4 rings (SSSR count). The highest BCUT2D eigenvalue weighted by Gasteiger charge is 2.30. The van der Waals surface area contributed by atoms with E-state index in [0.29, 0.717) is 48.4 Å². The highest BCUT2D eigenvalue weighted by atomic mass is 32.2. The fourth-order valence-electron chi connectivity index (χ4n) is 4.88. The standard InChI is InChI=1S/C28H31F5N4O4S2/c1-42(38,39)14-13-36-11-8-19(9-12-36)35-25-6-3-7-26-22(25)15-20(37(26)18-28(31,32)33)5-4-10-34-27-23(29)16-21(17-24(27)30)43(2,40)41/h3,6-7,15-17,19,34-35H,8-14,18H2,1-2H3. The minimum atomic E-state index is -4.55. The largest absolute Gasteiger partial charge is 0.406 e. The van der Waals surface area contributed by atoms with Gasteiger partial charge in [0.25, 0.3) is 0 Å². The summed E-state index contributed by atoms with van der Waals surface area (Å²) in [4.78, 5) is 1.54. The Morgan fingerprint density at radius 3 is 2.23 bits per heavy atom. The van der Waals surface area contributed by atoms with E-state index in [1.807, 2.05) is 0 Å². The summed E-state index contributed by atoms with van der Waals surface area (Å²) in [5.74, 6) is 3.04. The van der Waals surface area contributed by atoms with E-state index in [9.17, 15) is 38.8 Å². The van der Waals surface area contributed by atoms with Gasteiger partial charge in [0, 0.05) is 49.3 Å². The topological polar surface area (TPSA) is 101 Å². The highest BCUT2D eigenvalue weighted by molar-refractivity contribution is 7.91. The number of alkyl halides is 3. The molecule has 0 radical (unpaired) electrons. The third-order valence-electron chi connectivity index (χ3n) is 7.02. The molecule has 8 nitrogen and oxygen atoms in total. The van der Waals surface area contributed by atoms with Crippen LogP contribution in [0.15, 0.2) is 41.3 Å². The predicted molar refractivity (Wildman–Crippen MR) is 156 cm³/mol. The Hall–Kier alpha value is -3.35.